The fraction of sp³-hybridized carbons (Fsp3) is 0.304. The number of para-hydroxylation sites is 1. The SMILES string of the molecule is Cc1nc(N(C)c2ccccc2)nc(N2CCc3ccccc3[C@H]2C)c1C.Cl. The Balaban J connectivity index is 0.00000225. The molecule has 28 heavy (non-hydrogen) atoms. The van der Waals surface area contributed by atoms with Crippen LogP contribution in [0.3, 0.4) is 0 Å². The maximum atomic E-state index is 5.00. The van der Waals surface area contributed by atoms with Crippen molar-refractivity contribution in [3.8, 4) is 0 Å². The van der Waals surface area contributed by atoms with Crippen LogP contribution in [0.5, 0.6) is 0 Å². The normalized spacial score (nSPS) is 15.6. The lowest BCUT2D eigenvalue weighted by atomic mass is 9.93. The summed E-state index contributed by atoms with van der Waals surface area (Å²) in [6.07, 6.45) is 1.05. The Kier molecular flexibility index (Phi) is 5.90. The third kappa shape index (κ3) is 3.57. The Hall–Kier alpha value is -2.59. The molecule has 2 heterocycles. The molecule has 0 unspecified atom stereocenters. The van der Waals surface area contributed by atoms with Gasteiger partial charge in [-0.1, -0.05) is 42.5 Å². The number of hydrogen-bond donors (Lipinski definition) is 0. The number of rotatable bonds is 3. The van der Waals surface area contributed by atoms with Gasteiger partial charge in [-0.2, -0.15) is 4.98 Å². The average Bonchev–Trinajstić information content (AvgIpc) is 2.71. The molecule has 0 saturated carbocycles. The minimum absolute atomic E-state index is 0. The Bertz CT molecular complexity index is 958. The molecule has 2 aromatic carbocycles. The molecule has 0 spiro atoms. The first-order valence-corrected chi connectivity index (χ1v) is 9.54. The molecule has 0 aliphatic carbocycles. The highest BCUT2D eigenvalue weighted by Gasteiger charge is 2.27. The summed E-state index contributed by atoms with van der Waals surface area (Å²) in [6.45, 7) is 7.45. The molecule has 0 radical (unpaired) electrons. The number of nitrogens with zero attached hydrogens (tertiary/aromatic N) is 4. The molecule has 146 valence electrons. The van der Waals surface area contributed by atoms with E-state index in [2.05, 4.69) is 67.0 Å². The van der Waals surface area contributed by atoms with E-state index in [4.69, 9.17) is 9.97 Å². The Labute approximate surface area is 173 Å². The van der Waals surface area contributed by atoms with Crippen LogP contribution in [-0.4, -0.2) is 23.6 Å². The quantitative estimate of drug-likeness (QED) is 0.594. The highest BCUT2D eigenvalue weighted by molar-refractivity contribution is 5.85. The lowest BCUT2D eigenvalue weighted by molar-refractivity contribution is 0.614. The van der Waals surface area contributed by atoms with E-state index in [1.165, 1.54) is 11.1 Å². The summed E-state index contributed by atoms with van der Waals surface area (Å²) in [5.41, 5.74) is 6.13. The zero-order valence-corrected chi connectivity index (χ0v) is 17.7. The molecule has 0 amide bonds. The number of halogens is 1. The van der Waals surface area contributed by atoms with Crippen LogP contribution in [0.25, 0.3) is 0 Å². The maximum Gasteiger partial charge on any atom is 0.231 e. The van der Waals surface area contributed by atoms with Crippen molar-refractivity contribution in [1.82, 2.24) is 9.97 Å². The first-order valence-electron chi connectivity index (χ1n) is 9.54. The molecule has 1 aliphatic heterocycles. The van der Waals surface area contributed by atoms with Gasteiger partial charge in [-0.15, -0.1) is 12.4 Å². The van der Waals surface area contributed by atoms with Crippen molar-refractivity contribution in [2.75, 3.05) is 23.4 Å². The van der Waals surface area contributed by atoms with E-state index >= 15 is 0 Å². The second-order valence-corrected chi connectivity index (χ2v) is 7.27. The van der Waals surface area contributed by atoms with E-state index < -0.39 is 0 Å². The smallest absolute Gasteiger partial charge is 0.231 e. The maximum absolute atomic E-state index is 5.00. The number of benzene rings is 2. The minimum atomic E-state index is 0. The summed E-state index contributed by atoms with van der Waals surface area (Å²) >= 11 is 0. The molecule has 4 rings (SSSR count). The van der Waals surface area contributed by atoms with Crippen LogP contribution in [0.2, 0.25) is 0 Å². The fourth-order valence-electron chi connectivity index (χ4n) is 3.86. The van der Waals surface area contributed by atoms with Gasteiger partial charge < -0.3 is 9.80 Å². The van der Waals surface area contributed by atoms with Gasteiger partial charge in [0.2, 0.25) is 5.95 Å². The van der Waals surface area contributed by atoms with Gasteiger partial charge in [-0.3, -0.25) is 0 Å². The summed E-state index contributed by atoms with van der Waals surface area (Å²) in [5, 5.41) is 0. The first-order chi connectivity index (χ1) is 13.1. The zero-order valence-electron chi connectivity index (χ0n) is 16.9. The molecule has 5 heteroatoms. The number of anilines is 3. The third-order valence-corrected chi connectivity index (χ3v) is 5.66. The van der Waals surface area contributed by atoms with E-state index in [0.717, 1.165) is 41.7 Å². The molecule has 1 aromatic heterocycles. The summed E-state index contributed by atoms with van der Waals surface area (Å²) < 4.78 is 0. The monoisotopic (exact) mass is 394 g/mol. The van der Waals surface area contributed by atoms with Gasteiger partial charge in [-0.05, 0) is 50.5 Å². The van der Waals surface area contributed by atoms with Crippen LogP contribution in [-0.2, 0) is 6.42 Å². The predicted octanol–water partition coefficient (Wildman–Crippen LogP) is 5.41. The number of fused-ring (bicyclic) bond motifs is 1. The third-order valence-electron chi connectivity index (χ3n) is 5.66. The zero-order chi connectivity index (χ0) is 19.0. The van der Waals surface area contributed by atoms with Gasteiger partial charge in [0.1, 0.15) is 5.82 Å². The van der Waals surface area contributed by atoms with Crippen LogP contribution in [0.1, 0.15) is 35.3 Å². The van der Waals surface area contributed by atoms with E-state index in [1.54, 1.807) is 0 Å². The van der Waals surface area contributed by atoms with Gasteiger partial charge in [0, 0.05) is 30.5 Å². The second-order valence-electron chi connectivity index (χ2n) is 7.27. The minimum Gasteiger partial charge on any atom is -0.349 e. The van der Waals surface area contributed by atoms with Crippen molar-refractivity contribution in [3.63, 3.8) is 0 Å². The summed E-state index contributed by atoms with van der Waals surface area (Å²) in [6, 6.07) is 19.3. The van der Waals surface area contributed by atoms with Gasteiger partial charge in [0.25, 0.3) is 0 Å². The molecule has 1 aliphatic rings. The van der Waals surface area contributed by atoms with Crippen LogP contribution in [0, 0.1) is 13.8 Å². The lowest BCUT2D eigenvalue weighted by Gasteiger charge is -2.37. The van der Waals surface area contributed by atoms with E-state index in [9.17, 15) is 0 Å². The first kappa shape index (κ1) is 20.2. The standard InChI is InChI=1S/C23H26N4.ClH/c1-16-17(2)24-23(26(4)20-11-6-5-7-12-20)25-22(16)27-15-14-19-10-8-9-13-21(19)18(27)3;/h5-13,18H,14-15H2,1-4H3;1H/t18-;/m1./s1. The van der Waals surface area contributed by atoms with Crippen LogP contribution < -0.4 is 9.80 Å². The van der Waals surface area contributed by atoms with Crippen molar-refractivity contribution in [3.05, 3.63) is 77.0 Å². The molecule has 1 atom stereocenters. The molecule has 0 saturated heterocycles. The molecular weight excluding hydrogens is 368 g/mol. The van der Waals surface area contributed by atoms with Crippen molar-refractivity contribution < 1.29 is 0 Å². The largest absolute Gasteiger partial charge is 0.349 e. The number of hydrogen-bond acceptors (Lipinski definition) is 4. The fourth-order valence-corrected chi connectivity index (χ4v) is 3.86. The highest BCUT2D eigenvalue weighted by Crippen LogP contribution is 2.35. The van der Waals surface area contributed by atoms with Crippen LogP contribution >= 0.6 is 12.4 Å². The molecule has 0 N–H and O–H groups in total. The average molecular weight is 395 g/mol. The van der Waals surface area contributed by atoms with Crippen LogP contribution in [0.4, 0.5) is 17.5 Å². The number of aromatic nitrogens is 2. The molecule has 4 nitrogen and oxygen atoms in total. The predicted molar refractivity (Wildman–Crippen MR) is 119 cm³/mol. The van der Waals surface area contributed by atoms with E-state index in [0.29, 0.717) is 6.04 Å². The lowest BCUT2D eigenvalue weighted by Crippen LogP contribution is -2.35. The van der Waals surface area contributed by atoms with Gasteiger partial charge in [-0.25, -0.2) is 4.98 Å². The summed E-state index contributed by atoms with van der Waals surface area (Å²) in [7, 11) is 2.03. The molecule has 0 bridgehead atoms. The second kappa shape index (κ2) is 8.19. The van der Waals surface area contributed by atoms with Crippen molar-refractivity contribution in [2.45, 2.75) is 33.2 Å². The van der Waals surface area contributed by atoms with Crippen molar-refractivity contribution in [1.29, 1.82) is 0 Å². The molecule has 0 fully saturated rings. The van der Waals surface area contributed by atoms with Crippen molar-refractivity contribution in [2.24, 2.45) is 0 Å². The molecule has 3 aromatic rings. The van der Waals surface area contributed by atoms with Gasteiger partial charge >= 0.3 is 0 Å². The Morgan fingerprint density at radius 3 is 2.39 bits per heavy atom. The van der Waals surface area contributed by atoms with E-state index in [1.807, 2.05) is 25.2 Å². The number of aryl methyl sites for hydroxylation is 1. The van der Waals surface area contributed by atoms with Gasteiger partial charge in [0.15, 0.2) is 0 Å². The van der Waals surface area contributed by atoms with Crippen LogP contribution in [0.15, 0.2) is 54.6 Å². The van der Waals surface area contributed by atoms with Gasteiger partial charge in [0.05, 0.1) is 6.04 Å². The summed E-state index contributed by atoms with van der Waals surface area (Å²) in [4.78, 5) is 14.2. The highest BCUT2D eigenvalue weighted by atomic mass is 35.5. The Morgan fingerprint density at radius 1 is 0.964 bits per heavy atom. The topological polar surface area (TPSA) is 32.3 Å². The molecular formula is C23H27ClN4. The Morgan fingerprint density at radius 2 is 1.64 bits per heavy atom. The van der Waals surface area contributed by atoms with E-state index in [-0.39, 0.29) is 12.4 Å². The van der Waals surface area contributed by atoms with Crippen molar-refractivity contribution >= 4 is 29.9 Å². The summed E-state index contributed by atoms with van der Waals surface area (Å²) in [5.74, 6) is 1.78.